The number of carbonyl (C=O) groups is 2. The summed E-state index contributed by atoms with van der Waals surface area (Å²) in [5.74, 6) is 1.13. The molecule has 3 aromatic rings. The molecule has 2 amide bonds. The minimum Gasteiger partial charge on any atom is -0.339 e. The third-order valence-electron chi connectivity index (χ3n) is 6.13. The van der Waals surface area contributed by atoms with E-state index in [1.807, 2.05) is 53.4 Å². The SMILES string of the molecule is CC1CCN(C(=O)c2ccc(Nc3ncc4c(n3)-c3ccccc3NC(=O)C4)cc2)CC1. The van der Waals surface area contributed by atoms with E-state index < -0.39 is 0 Å². The van der Waals surface area contributed by atoms with Crippen LogP contribution in [0.25, 0.3) is 11.3 Å². The van der Waals surface area contributed by atoms with Crippen molar-refractivity contribution in [2.24, 2.45) is 5.92 Å². The van der Waals surface area contributed by atoms with E-state index in [1.165, 1.54) is 0 Å². The van der Waals surface area contributed by atoms with Crippen molar-refractivity contribution < 1.29 is 9.59 Å². The molecule has 5 rings (SSSR count). The zero-order valence-electron chi connectivity index (χ0n) is 18.0. The summed E-state index contributed by atoms with van der Waals surface area (Å²) in [5, 5.41) is 6.14. The molecule has 0 atom stereocenters. The van der Waals surface area contributed by atoms with Gasteiger partial charge in [0.05, 0.1) is 17.8 Å². The van der Waals surface area contributed by atoms with Crippen LogP contribution in [0.2, 0.25) is 0 Å². The zero-order chi connectivity index (χ0) is 22.1. The zero-order valence-corrected chi connectivity index (χ0v) is 18.0. The van der Waals surface area contributed by atoms with E-state index in [-0.39, 0.29) is 18.2 Å². The van der Waals surface area contributed by atoms with Gasteiger partial charge in [0.15, 0.2) is 0 Å². The summed E-state index contributed by atoms with van der Waals surface area (Å²) in [5.41, 5.74) is 4.63. The molecule has 162 valence electrons. The minimum atomic E-state index is -0.0797. The third-order valence-corrected chi connectivity index (χ3v) is 6.13. The van der Waals surface area contributed by atoms with Crippen molar-refractivity contribution in [3.8, 4) is 11.3 Å². The molecule has 0 spiro atoms. The molecule has 2 aliphatic rings. The molecule has 0 bridgehead atoms. The van der Waals surface area contributed by atoms with Gasteiger partial charge in [-0.25, -0.2) is 9.97 Å². The predicted molar refractivity (Wildman–Crippen MR) is 124 cm³/mol. The number of amides is 2. The maximum absolute atomic E-state index is 12.8. The van der Waals surface area contributed by atoms with Gasteiger partial charge in [-0.1, -0.05) is 25.1 Å². The van der Waals surface area contributed by atoms with Crippen LogP contribution in [0.1, 0.15) is 35.7 Å². The lowest BCUT2D eigenvalue weighted by Gasteiger charge is -2.30. The highest BCUT2D eigenvalue weighted by Crippen LogP contribution is 2.32. The molecule has 1 saturated heterocycles. The van der Waals surface area contributed by atoms with Crippen LogP contribution in [0, 0.1) is 5.92 Å². The quantitative estimate of drug-likeness (QED) is 0.652. The molecule has 2 N–H and O–H groups in total. The Balaban J connectivity index is 1.35. The van der Waals surface area contributed by atoms with Gasteiger partial charge >= 0.3 is 0 Å². The monoisotopic (exact) mass is 427 g/mol. The maximum atomic E-state index is 12.8. The largest absolute Gasteiger partial charge is 0.339 e. The number of fused-ring (bicyclic) bond motifs is 3. The van der Waals surface area contributed by atoms with Gasteiger partial charge < -0.3 is 15.5 Å². The van der Waals surface area contributed by atoms with Crippen molar-refractivity contribution in [2.75, 3.05) is 23.7 Å². The number of piperidine rings is 1. The van der Waals surface area contributed by atoms with Crippen LogP contribution in [-0.4, -0.2) is 39.8 Å². The predicted octanol–water partition coefficient (Wildman–Crippen LogP) is 4.25. The third kappa shape index (κ3) is 4.06. The lowest BCUT2D eigenvalue weighted by Crippen LogP contribution is -2.37. The number of anilines is 3. The highest BCUT2D eigenvalue weighted by atomic mass is 16.2. The van der Waals surface area contributed by atoms with E-state index in [0.717, 1.165) is 54.1 Å². The Morgan fingerprint density at radius 3 is 2.62 bits per heavy atom. The number of likely N-dealkylation sites (tertiary alicyclic amines) is 1. The summed E-state index contributed by atoms with van der Waals surface area (Å²) in [6.45, 7) is 3.88. The fourth-order valence-corrected chi connectivity index (χ4v) is 4.22. The second kappa shape index (κ2) is 8.42. The van der Waals surface area contributed by atoms with E-state index in [2.05, 4.69) is 22.5 Å². The summed E-state index contributed by atoms with van der Waals surface area (Å²) in [6.07, 6.45) is 4.05. The van der Waals surface area contributed by atoms with Crippen LogP contribution in [-0.2, 0) is 11.2 Å². The van der Waals surface area contributed by atoms with E-state index in [4.69, 9.17) is 4.98 Å². The van der Waals surface area contributed by atoms with Gasteiger partial charge in [-0.05, 0) is 49.1 Å². The summed E-state index contributed by atoms with van der Waals surface area (Å²) in [7, 11) is 0. The number of hydrogen-bond donors (Lipinski definition) is 2. The molecular formula is C25H25N5O2. The standard InChI is InChI=1S/C25H25N5O2/c1-16-10-12-30(13-11-16)24(32)17-6-8-19(9-7-17)27-25-26-15-18-14-22(31)28-21-5-3-2-4-20(21)23(18)29-25/h2-9,15-16H,10-14H2,1H3,(H,28,31)(H,26,27,29). The molecule has 0 radical (unpaired) electrons. The van der Waals surface area contributed by atoms with Crippen molar-refractivity contribution in [1.82, 2.24) is 14.9 Å². The summed E-state index contributed by atoms with van der Waals surface area (Å²) < 4.78 is 0. The topological polar surface area (TPSA) is 87.2 Å². The first-order valence-corrected chi connectivity index (χ1v) is 11.0. The number of rotatable bonds is 3. The first kappa shape index (κ1) is 20.2. The number of hydrogen-bond acceptors (Lipinski definition) is 5. The Hall–Kier alpha value is -3.74. The Morgan fingerprint density at radius 2 is 1.84 bits per heavy atom. The highest BCUT2D eigenvalue weighted by Gasteiger charge is 2.22. The van der Waals surface area contributed by atoms with Crippen LogP contribution < -0.4 is 10.6 Å². The summed E-state index contributed by atoms with van der Waals surface area (Å²) in [4.78, 5) is 36.0. The van der Waals surface area contributed by atoms with Gasteiger partial charge in [0.2, 0.25) is 11.9 Å². The Bertz CT molecular complexity index is 1170. The number of nitrogens with one attached hydrogen (secondary N) is 2. The van der Waals surface area contributed by atoms with Crippen molar-refractivity contribution >= 4 is 29.1 Å². The van der Waals surface area contributed by atoms with Crippen LogP contribution in [0.5, 0.6) is 0 Å². The molecule has 1 aromatic heterocycles. The average molecular weight is 428 g/mol. The molecular weight excluding hydrogens is 402 g/mol. The average Bonchev–Trinajstić information content (AvgIpc) is 2.95. The Morgan fingerprint density at radius 1 is 1.09 bits per heavy atom. The molecule has 0 aliphatic carbocycles. The first-order valence-electron chi connectivity index (χ1n) is 11.0. The van der Waals surface area contributed by atoms with E-state index >= 15 is 0 Å². The van der Waals surface area contributed by atoms with Crippen molar-refractivity contribution in [2.45, 2.75) is 26.2 Å². The van der Waals surface area contributed by atoms with Crippen molar-refractivity contribution in [3.05, 3.63) is 65.9 Å². The Kier molecular flexibility index (Phi) is 5.31. The fraction of sp³-hybridized carbons (Fsp3) is 0.280. The lowest BCUT2D eigenvalue weighted by molar-refractivity contribution is -0.115. The van der Waals surface area contributed by atoms with Crippen LogP contribution in [0.4, 0.5) is 17.3 Å². The smallest absolute Gasteiger partial charge is 0.253 e. The van der Waals surface area contributed by atoms with Crippen LogP contribution in [0.3, 0.4) is 0 Å². The number of benzene rings is 2. The van der Waals surface area contributed by atoms with Crippen LogP contribution in [0.15, 0.2) is 54.7 Å². The van der Waals surface area contributed by atoms with Gasteiger partial charge in [0.1, 0.15) is 0 Å². The fourth-order valence-electron chi connectivity index (χ4n) is 4.22. The number of nitrogens with zero attached hydrogens (tertiary/aromatic N) is 3. The van der Waals surface area contributed by atoms with Crippen molar-refractivity contribution in [3.63, 3.8) is 0 Å². The van der Waals surface area contributed by atoms with Crippen LogP contribution >= 0.6 is 0 Å². The second-order valence-corrected chi connectivity index (χ2v) is 8.52. The highest BCUT2D eigenvalue weighted by molar-refractivity contribution is 6.00. The maximum Gasteiger partial charge on any atom is 0.253 e. The van der Waals surface area contributed by atoms with Gasteiger partial charge in [-0.15, -0.1) is 0 Å². The molecule has 2 aliphatic heterocycles. The van der Waals surface area contributed by atoms with Gasteiger partial charge in [0, 0.05) is 41.7 Å². The molecule has 0 unspecified atom stereocenters. The molecule has 32 heavy (non-hydrogen) atoms. The lowest BCUT2D eigenvalue weighted by atomic mass is 9.98. The normalized spacial score (nSPS) is 15.9. The summed E-state index contributed by atoms with van der Waals surface area (Å²) >= 11 is 0. The molecule has 3 heterocycles. The van der Waals surface area contributed by atoms with E-state index in [9.17, 15) is 9.59 Å². The molecule has 1 fully saturated rings. The molecule has 2 aromatic carbocycles. The number of aromatic nitrogens is 2. The Labute approximate surface area is 186 Å². The molecule has 7 nitrogen and oxygen atoms in total. The van der Waals surface area contributed by atoms with E-state index in [1.54, 1.807) is 6.20 Å². The second-order valence-electron chi connectivity index (χ2n) is 8.52. The molecule has 7 heteroatoms. The minimum absolute atomic E-state index is 0.0797. The number of para-hydroxylation sites is 1. The summed E-state index contributed by atoms with van der Waals surface area (Å²) in [6, 6.07) is 15.0. The van der Waals surface area contributed by atoms with E-state index in [0.29, 0.717) is 17.4 Å². The van der Waals surface area contributed by atoms with Crippen molar-refractivity contribution in [1.29, 1.82) is 0 Å². The van der Waals surface area contributed by atoms with Gasteiger partial charge in [-0.3, -0.25) is 9.59 Å². The van der Waals surface area contributed by atoms with Gasteiger partial charge in [0.25, 0.3) is 5.91 Å². The van der Waals surface area contributed by atoms with Gasteiger partial charge in [-0.2, -0.15) is 0 Å². The first-order chi connectivity index (χ1) is 15.6. The molecule has 0 saturated carbocycles. The number of carbonyl (C=O) groups excluding carboxylic acids is 2.